The largest absolute Gasteiger partial charge is 0.462 e. The molecule has 0 unspecified atom stereocenters. The van der Waals surface area contributed by atoms with Crippen LogP contribution in [0.4, 0.5) is 0 Å². The van der Waals surface area contributed by atoms with E-state index in [1.165, 1.54) is 44.9 Å². The van der Waals surface area contributed by atoms with Crippen molar-refractivity contribution in [3.05, 3.63) is 0 Å². The molecule has 25 heavy (non-hydrogen) atoms. The molecule has 2 atom stereocenters. The molecule has 4 nitrogen and oxygen atoms in total. The van der Waals surface area contributed by atoms with Crippen molar-refractivity contribution >= 4 is 5.97 Å². The lowest BCUT2D eigenvalue weighted by Gasteiger charge is -2.36. The fraction of sp³-hybridized carbons (Fsp3) is 0.952. The Labute approximate surface area is 155 Å². The van der Waals surface area contributed by atoms with E-state index in [-0.39, 0.29) is 12.1 Å². The Bertz CT molecular complexity index is 357. The summed E-state index contributed by atoms with van der Waals surface area (Å²) in [6, 6.07) is 0. The van der Waals surface area contributed by atoms with Crippen LogP contribution in [0.25, 0.3) is 0 Å². The van der Waals surface area contributed by atoms with E-state index in [0.717, 1.165) is 38.6 Å². The second-order valence-corrected chi connectivity index (χ2v) is 8.58. The molecule has 0 aromatic carbocycles. The number of hydrogen-bond donors (Lipinski definition) is 1. The number of quaternary nitrogens is 1. The molecule has 0 radical (unpaired) electrons. The van der Waals surface area contributed by atoms with Gasteiger partial charge in [-0.3, -0.25) is 0 Å². The van der Waals surface area contributed by atoms with Crippen LogP contribution in [0.2, 0.25) is 0 Å². The number of aliphatic hydroxyl groups excluding tert-OH is 1. The average molecular weight is 357 g/mol. The lowest BCUT2D eigenvalue weighted by atomic mass is 9.86. The number of ether oxygens (including phenoxy) is 1. The van der Waals surface area contributed by atoms with E-state index in [4.69, 9.17) is 4.74 Å². The van der Waals surface area contributed by atoms with Gasteiger partial charge in [0.15, 0.2) is 6.54 Å². The topological polar surface area (TPSA) is 46.5 Å². The minimum Gasteiger partial charge on any atom is -0.462 e. The summed E-state index contributed by atoms with van der Waals surface area (Å²) in [5, 5.41) is 10.1. The van der Waals surface area contributed by atoms with Crippen LogP contribution < -0.4 is 0 Å². The number of likely N-dealkylation sites (N-methyl/N-ethyl adjacent to an activating group) is 1. The molecular formula is C21H42NO3+. The highest BCUT2D eigenvalue weighted by atomic mass is 16.5. The molecule has 0 spiro atoms. The minimum atomic E-state index is -0.195. The number of nitrogens with zero attached hydrogens (tertiary/aromatic N) is 1. The van der Waals surface area contributed by atoms with Crippen LogP contribution in [0, 0.1) is 5.92 Å². The zero-order chi connectivity index (χ0) is 18.5. The summed E-state index contributed by atoms with van der Waals surface area (Å²) < 4.78 is 6.03. The van der Waals surface area contributed by atoms with Crippen LogP contribution in [0.3, 0.4) is 0 Å². The van der Waals surface area contributed by atoms with Crippen LogP contribution in [-0.4, -0.2) is 55.5 Å². The zero-order valence-corrected chi connectivity index (χ0v) is 17.0. The van der Waals surface area contributed by atoms with Gasteiger partial charge >= 0.3 is 5.97 Å². The van der Waals surface area contributed by atoms with E-state index in [1.807, 2.05) is 0 Å². The van der Waals surface area contributed by atoms with Crippen molar-refractivity contribution in [1.82, 2.24) is 0 Å². The van der Waals surface area contributed by atoms with Crippen molar-refractivity contribution in [1.29, 1.82) is 0 Å². The van der Waals surface area contributed by atoms with E-state index in [9.17, 15) is 9.90 Å². The molecule has 0 bridgehead atoms. The zero-order valence-electron chi connectivity index (χ0n) is 17.0. The van der Waals surface area contributed by atoms with Crippen molar-refractivity contribution in [2.24, 2.45) is 5.92 Å². The molecule has 1 rings (SSSR count). The lowest BCUT2D eigenvalue weighted by molar-refractivity contribution is -0.887. The van der Waals surface area contributed by atoms with Gasteiger partial charge in [-0.15, -0.1) is 0 Å². The van der Waals surface area contributed by atoms with E-state index >= 15 is 0 Å². The first-order valence-corrected chi connectivity index (χ1v) is 10.6. The Hall–Kier alpha value is -0.610. The van der Waals surface area contributed by atoms with Crippen molar-refractivity contribution < 1.29 is 19.1 Å². The fourth-order valence-electron chi connectivity index (χ4n) is 3.92. The Kier molecular flexibility index (Phi) is 11.4. The highest BCUT2D eigenvalue weighted by molar-refractivity contribution is 5.70. The van der Waals surface area contributed by atoms with E-state index in [1.54, 1.807) is 0 Å². The SMILES string of the molecule is CCCCCCCCCCOC(=O)C[N+](C)(C)C[C@H]1CCCC[C@@H]1O. The molecule has 0 saturated heterocycles. The summed E-state index contributed by atoms with van der Waals surface area (Å²) in [6.45, 7) is 4.06. The van der Waals surface area contributed by atoms with Gasteiger partial charge in [0.2, 0.25) is 0 Å². The second kappa shape index (κ2) is 12.7. The van der Waals surface area contributed by atoms with E-state index < -0.39 is 0 Å². The minimum absolute atomic E-state index is 0.0988. The van der Waals surface area contributed by atoms with Gasteiger partial charge in [0.05, 0.1) is 33.4 Å². The van der Waals surface area contributed by atoms with Gasteiger partial charge in [-0.1, -0.05) is 64.7 Å². The summed E-state index contributed by atoms with van der Waals surface area (Å²) in [5.41, 5.74) is 0. The molecule has 1 aliphatic carbocycles. The maximum Gasteiger partial charge on any atom is 0.361 e. The molecule has 1 fully saturated rings. The summed E-state index contributed by atoms with van der Waals surface area (Å²) in [6.07, 6.45) is 14.2. The molecular weight excluding hydrogens is 314 g/mol. The molecule has 0 heterocycles. The van der Waals surface area contributed by atoms with Crippen LogP contribution in [0.1, 0.15) is 84.0 Å². The molecule has 0 amide bonds. The van der Waals surface area contributed by atoms with Gasteiger partial charge < -0.3 is 14.3 Å². The number of carbonyl (C=O) groups excluding carboxylic acids is 1. The normalized spacial score (nSPS) is 21.3. The quantitative estimate of drug-likeness (QED) is 0.304. The van der Waals surface area contributed by atoms with E-state index in [2.05, 4.69) is 21.0 Å². The predicted octanol–water partition coefficient (Wildman–Crippen LogP) is 4.30. The van der Waals surface area contributed by atoms with Gasteiger partial charge in [0.25, 0.3) is 0 Å². The number of carbonyl (C=O) groups is 1. The maximum absolute atomic E-state index is 12.1. The maximum atomic E-state index is 12.1. The van der Waals surface area contributed by atoms with Crippen molar-refractivity contribution in [2.75, 3.05) is 33.8 Å². The van der Waals surface area contributed by atoms with Gasteiger partial charge in [-0.2, -0.15) is 0 Å². The molecule has 1 N–H and O–H groups in total. The average Bonchev–Trinajstić information content (AvgIpc) is 2.55. The van der Waals surface area contributed by atoms with Crippen LogP contribution in [0.5, 0.6) is 0 Å². The molecule has 148 valence electrons. The highest BCUT2D eigenvalue weighted by Crippen LogP contribution is 2.26. The summed E-state index contributed by atoms with van der Waals surface area (Å²) in [7, 11) is 4.14. The fourth-order valence-corrected chi connectivity index (χ4v) is 3.92. The van der Waals surface area contributed by atoms with Gasteiger partial charge in [-0.25, -0.2) is 4.79 Å². The first kappa shape index (κ1) is 22.4. The third kappa shape index (κ3) is 10.9. The third-order valence-electron chi connectivity index (χ3n) is 5.42. The molecule has 0 aromatic rings. The Morgan fingerprint density at radius 1 is 1.00 bits per heavy atom. The number of hydrogen-bond acceptors (Lipinski definition) is 3. The third-order valence-corrected chi connectivity index (χ3v) is 5.42. The molecule has 1 aliphatic rings. The first-order valence-electron chi connectivity index (χ1n) is 10.6. The Morgan fingerprint density at radius 3 is 2.24 bits per heavy atom. The van der Waals surface area contributed by atoms with Crippen molar-refractivity contribution in [3.63, 3.8) is 0 Å². The van der Waals surface area contributed by atoms with Gasteiger partial charge in [0, 0.05) is 5.92 Å². The molecule has 0 aromatic heterocycles. The highest BCUT2D eigenvalue weighted by Gasteiger charge is 2.31. The van der Waals surface area contributed by atoms with Crippen molar-refractivity contribution in [3.8, 4) is 0 Å². The number of esters is 1. The van der Waals surface area contributed by atoms with Gasteiger partial charge in [0.1, 0.15) is 0 Å². The number of rotatable bonds is 13. The number of aliphatic hydroxyl groups is 1. The predicted molar refractivity (Wildman–Crippen MR) is 103 cm³/mol. The van der Waals surface area contributed by atoms with Crippen LogP contribution >= 0.6 is 0 Å². The van der Waals surface area contributed by atoms with Crippen LogP contribution in [0.15, 0.2) is 0 Å². The van der Waals surface area contributed by atoms with Crippen molar-refractivity contribution in [2.45, 2.75) is 90.1 Å². The molecule has 4 heteroatoms. The second-order valence-electron chi connectivity index (χ2n) is 8.58. The standard InChI is InChI=1S/C21H42NO3/c1-4-5-6-7-8-9-10-13-16-25-21(24)18-22(2,3)17-19-14-11-12-15-20(19)23/h19-20,23H,4-18H2,1-3H3/q+1/t19-,20+/m1/s1. The number of unbranched alkanes of at least 4 members (excludes halogenated alkanes) is 7. The molecule has 0 aliphatic heterocycles. The smallest absolute Gasteiger partial charge is 0.361 e. The summed E-state index contributed by atoms with van der Waals surface area (Å²) >= 11 is 0. The summed E-state index contributed by atoms with van der Waals surface area (Å²) in [4.78, 5) is 12.1. The van der Waals surface area contributed by atoms with Gasteiger partial charge in [-0.05, 0) is 19.3 Å². The lowest BCUT2D eigenvalue weighted by Crippen LogP contribution is -2.50. The summed E-state index contributed by atoms with van der Waals surface area (Å²) in [5.74, 6) is 0.225. The van der Waals surface area contributed by atoms with E-state index in [0.29, 0.717) is 23.6 Å². The Balaban J connectivity index is 2.08. The molecule has 1 saturated carbocycles. The first-order chi connectivity index (χ1) is 11.9. The monoisotopic (exact) mass is 356 g/mol. The Morgan fingerprint density at radius 2 is 1.60 bits per heavy atom. The van der Waals surface area contributed by atoms with Crippen LogP contribution in [-0.2, 0) is 9.53 Å².